The van der Waals surface area contributed by atoms with E-state index in [9.17, 15) is 0 Å². The Bertz CT molecular complexity index is 306. The molecular formula is C12H19BrN2S. The fourth-order valence-corrected chi connectivity index (χ4v) is 3.61. The second-order valence-corrected chi connectivity index (χ2v) is 6.80. The van der Waals surface area contributed by atoms with Crippen LogP contribution in [0.15, 0.2) is 15.9 Å². The summed E-state index contributed by atoms with van der Waals surface area (Å²) < 4.78 is 1.25. The lowest BCUT2D eigenvalue weighted by atomic mass is 10.2. The van der Waals surface area contributed by atoms with Gasteiger partial charge in [0.1, 0.15) is 0 Å². The van der Waals surface area contributed by atoms with Crippen LogP contribution >= 0.6 is 27.3 Å². The van der Waals surface area contributed by atoms with Crippen LogP contribution in [0.25, 0.3) is 0 Å². The molecule has 0 saturated carbocycles. The summed E-state index contributed by atoms with van der Waals surface area (Å²) in [6, 6.07) is 4.38. The topological polar surface area (TPSA) is 15.3 Å². The van der Waals surface area contributed by atoms with Crippen LogP contribution in [0, 0.1) is 0 Å². The van der Waals surface area contributed by atoms with Crippen molar-refractivity contribution in [3.8, 4) is 0 Å². The number of thiophene rings is 1. The quantitative estimate of drug-likeness (QED) is 0.920. The predicted octanol–water partition coefficient (Wildman–Crippen LogP) is 2.74. The van der Waals surface area contributed by atoms with Crippen molar-refractivity contribution in [3.05, 3.63) is 20.8 Å². The number of nitrogens with one attached hydrogen (secondary N) is 1. The van der Waals surface area contributed by atoms with E-state index < -0.39 is 0 Å². The van der Waals surface area contributed by atoms with Gasteiger partial charge in [-0.1, -0.05) is 0 Å². The van der Waals surface area contributed by atoms with Gasteiger partial charge in [0.05, 0.1) is 3.79 Å². The van der Waals surface area contributed by atoms with Gasteiger partial charge in [-0.3, -0.25) is 0 Å². The second-order valence-electron chi connectivity index (χ2n) is 4.25. The second kappa shape index (κ2) is 6.74. The summed E-state index contributed by atoms with van der Waals surface area (Å²) in [7, 11) is 0. The summed E-state index contributed by atoms with van der Waals surface area (Å²) in [6.45, 7) is 6.07. The Morgan fingerprint density at radius 2 is 2.25 bits per heavy atom. The lowest BCUT2D eigenvalue weighted by Crippen LogP contribution is -2.29. The van der Waals surface area contributed by atoms with E-state index in [2.05, 4.69) is 38.3 Å². The Morgan fingerprint density at radius 3 is 3.06 bits per heavy atom. The zero-order valence-corrected chi connectivity index (χ0v) is 11.9. The van der Waals surface area contributed by atoms with E-state index in [4.69, 9.17) is 0 Å². The number of rotatable bonds is 4. The summed E-state index contributed by atoms with van der Waals surface area (Å²) in [6.07, 6.45) is 3.80. The molecule has 1 fully saturated rings. The minimum absolute atomic E-state index is 1.16. The molecule has 0 amide bonds. The van der Waals surface area contributed by atoms with Gasteiger partial charge in [0.2, 0.25) is 0 Å². The van der Waals surface area contributed by atoms with Crippen LogP contribution in [-0.4, -0.2) is 37.6 Å². The molecule has 2 rings (SSSR count). The summed E-state index contributed by atoms with van der Waals surface area (Å²) in [5, 5.41) is 3.44. The van der Waals surface area contributed by atoms with Crippen molar-refractivity contribution >= 4 is 27.3 Å². The first-order valence-electron chi connectivity index (χ1n) is 6.02. The van der Waals surface area contributed by atoms with E-state index in [1.54, 1.807) is 0 Å². The van der Waals surface area contributed by atoms with Crippen LogP contribution in [0.5, 0.6) is 0 Å². The molecule has 1 N–H and O–H groups in total. The molecule has 1 saturated heterocycles. The number of halogens is 1. The molecule has 0 radical (unpaired) electrons. The molecule has 1 aliphatic rings. The molecule has 0 aliphatic carbocycles. The average Bonchev–Trinajstić information content (AvgIpc) is 2.54. The molecule has 0 spiro atoms. The maximum absolute atomic E-state index is 3.51. The first-order valence-corrected chi connectivity index (χ1v) is 7.63. The van der Waals surface area contributed by atoms with Crippen LogP contribution in [0.4, 0.5) is 0 Å². The largest absolute Gasteiger partial charge is 0.315 e. The highest BCUT2D eigenvalue weighted by molar-refractivity contribution is 9.11. The zero-order chi connectivity index (χ0) is 11.2. The van der Waals surface area contributed by atoms with Gasteiger partial charge in [0.15, 0.2) is 0 Å². The molecule has 90 valence electrons. The van der Waals surface area contributed by atoms with Gasteiger partial charge in [0, 0.05) is 18.0 Å². The van der Waals surface area contributed by atoms with Crippen molar-refractivity contribution in [1.29, 1.82) is 0 Å². The maximum Gasteiger partial charge on any atom is 0.0701 e. The van der Waals surface area contributed by atoms with E-state index >= 15 is 0 Å². The van der Waals surface area contributed by atoms with Crippen LogP contribution in [0.3, 0.4) is 0 Å². The van der Waals surface area contributed by atoms with E-state index in [1.165, 1.54) is 54.1 Å². The Morgan fingerprint density at radius 1 is 1.31 bits per heavy atom. The normalized spacial score (nSPS) is 18.6. The number of hydrogen-bond acceptors (Lipinski definition) is 3. The average molecular weight is 303 g/mol. The van der Waals surface area contributed by atoms with Gasteiger partial charge in [-0.25, -0.2) is 0 Å². The molecule has 0 bridgehead atoms. The van der Waals surface area contributed by atoms with Gasteiger partial charge >= 0.3 is 0 Å². The third-order valence-electron chi connectivity index (χ3n) is 2.96. The lowest BCUT2D eigenvalue weighted by Gasteiger charge is -2.18. The van der Waals surface area contributed by atoms with Crippen molar-refractivity contribution in [3.63, 3.8) is 0 Å². The van der Waals surface area contributed by atoms with E-state index in [0.29, 0.717) is 0 Å². The third kappa shape index (κ3) is 4.17. The summed E-state index contributed by atoms with van der Waals surface area (Å²) in [5.41, 5.74) is 0. The van der Waals surface area contributed by atoms with Gasteiger partial charge < -0.3 is 10.2 Å². The molecule has 1 aliphatic heterocycles. The highest BCUT2D eigenvalue weighted by Crippen LogP contribution is 2.23. The Hall–Kier alpha value is 0.1000. The molecule has 1 aromatic heterocycles. The maximum atomic E-state index is 3.51. The Kier molecular flexibility index (Phi) is 5.29. The molecule has 16 heavy (non-hydrogen) atoms. The molecule has 0 atom stereocenters. The van der Waals surface area contributed by atoms with Crippen molar-refractivity contribution in [1.82, 2.24) is 10.2 Å². The highest BCUT2D eigenvalue weighted by Gasteiger charge is 2.07. The third-order valence-corrected chi connectivity index (χ3v) is 4.64. The smallest absolute Gasteiger partial charge is 0.0701 e. The molecule has 1 aromatic rings. The molecule has 2 nitrogen and oxygen atoms in total. The Balaban J connectivity index is 1.67. The van der Waals surface area contributed by atoms with Crippen molar-refractivity contribution in [2.75, 3.05) is 32.7 Å². The number of aryl methyl sites for hydroxylation is 1. The monoisotopic (exact) mass is 302 g/mol. The minimum Gasteiger partial charge on any atom is -0.315 e. The van der Waals surface area contributed by atoms with E-state index in [0.717, 1.165) is 6.54 Å². The van der Waals surface area contributed by atoms with Crippen molar-refractivity contribution in [2.24, 2.45) is 0 Å². The van der Waals surface area contributed by atoms with Gasteiger partial charge in [-0.15, -0.1) is 11.3 Å². The van der Waals surface area contributed by atoms with Crippen molar-refractivity contribution < 1.29 is 0 Å². The zero-order valence-electron chi connectivity index (χ0n) is 9.54. The van der Waals surface area contributed by atoms with E-state index in [-0.39, 0.29) is 0 Å². The number of nitrogens with zero attached hydrogens (tertiary/aromatic N) is 1. The van der Waals surface area contributed by atoms with Crippen LogP contribution in [0.2, 0.25) is 0 Å². The predicted molar refractivity (Wildman–Crippen MR) is 74.3 cm³/mol. The first-order chi connectivity index (χ1) is 7.84. The fourth-order valence-electron chi connectivity index (χ4n) is 2.09. The molecule has 0 aromatic carbocycles. The summed E-state index contributed by atoms with van der Waals surface area (Å²) in [5.74, 6) is 0. The summed E-state index contributed by atoms with van der Waals surface area (Å²) >= 11 is 5.38. The first kappa shape index (κ1) is 12.6. The highest BCUT2D eigenvalue weighted by atomic mass is 79.9. The van der Waals surface area contributed by atoms with Gasteiger partial charge in [-0.2, -0.15) is 0 Å². The van der Waals surface area contributed by atoms with Gasteiger partial charge in [0.25, 0.3) is 0 Å². The molecular weight excluding hydrogens is 284 g/mol. The van der Waals surface area contributed by atoms with E-state index in [1.807, 2.05) is 11.3 Å². The van der Waals surface area contributed by atoms with Crippen molar-refractivity contribution in [2.45, 2.75) is 19.3 Å². The Labute approximate surface area is 110 Å². The lowest BCUT2D eigenvalue weighted by molar-refractivity contribution is 0.289. The molecule has 2 heterocycles. The van der Waals surface area contributed by atoms with Crippen LogP contribution < -0.4 is 5.32 Å². The number of hydrogen-bond donors (Lipinski definition) is 1. The summed E-state index contributed by atoms with van der Waals surface area (Å²) in [4.78, 5) is 4.09. The SMILES string of the molecule is Brc1ccc(CCCN2CCCNCC2)s1. The molecule has 4 heteroatoms. The fraction of sp³-hybridized carbons (Fsp3) is 0.667. The van der Waals surface area contributed by atoms with Gasteiger partial charge in [-0.05, 0) is 67.0 Å². The standard InChI is InChI=1S/C12H19BrN2S/c13-12-5-4-11(16-12)3-1-8-15-9-2-6-14-7-10-15/h4-5,14H,1-3,6-10H2. The minimum atomic E-state index is 1.16. The van der Waals surface area contributed by atoms with Crippen LogP contribution in [0.1, 0.15) is 17.7 Å². The molecule has 0 unspecified atom stereocenters. The van der Waals surface area contributed by atoms with Crippen LogP contribution in [-0.2, 0) is 6.42 Å².